The second kappa shape index (κ2) is 8.65. The predicted octanol–water partition coefficient (Wildman–Crippen LogP) is 2.58. The molecule has 0 spiro atoms. The van der Waals surface area contributed by atoms with Crippen molar-refractivity contribution in [3.05, 3.63) is 30.7 Å². The Hall–Kier alpha value is -3.15. The van der Waals surface area contributed by atoms with Crippen LogP contribution in [0.2, 0.25) is 0 Å². The van der Waals surface area contributed by atoms with Crippen molar-refractivity contribution in [2.75, 3.05) is 65.8 Å². The van der Waals surface area contributed by atoms with Crippen molar-refractivity contribution < 1.29 is 18.0 Å². The molecule has 12 heteroatoms. The predicted molar refractivity (Wildman–Crippen MR) is 118 cm³/mol. The van der Waals surface area contributed by atoms with E-state index in [-0.39, 0.29) is 12.1 Å². The molecule has 0 unspecified atom stereocenters. The number of halogens is 3. The summed E-state index contributed by atoms with van der Waals surface area (Å²) in [4.78, 5) is 33.3. The van der Waals surface area contributed by atoms with E-state index in [1.165, 1.54) is 11.2 Å². The van der Waals surface area contributed by atoms with Gasteiger partial charge in [-0.15, -0.1) is 0 Å². The lowest BCUT2D eigenvalue weighted by Crippen LogP contribution is -2.48. The largest absolute Gasteiger partial charge is 0.401 e. The number of fused-ring (bicyclic) bond motifs is 4. The van der Waals surface area contributed by atoms with Crippen LogP contribution in [0.4, 0.5) is 41.1 Å². The van der Waals surface area contributed by atoms with E-state index in [2.05, 4.69) is 20.2 Å². The fraction of sp³-hybridized carbons (Fsp3) is 0.524. The highest BCUT2D eigenvalue weighted by molar-refractivity contribution is 6.04. The van der Waals surface area contributed by atoms with Gasteiger partial charge in [-0.25, -0.2) is 19.7 Å². The molecule has 33 heavy (non-hydrogen) atoms. The molecule has 3 aliphatic heterocycles. The Labute approximate surface area is 189 Å². The van der Waals surface area contributed by atoms with Crippen LogP contribution < -0.4 is 20.0 Å². The minimum absolute atomic E-state index is 0.00602. The van der Waals surface area contributed by atoms with Crippen LogP contribution in [0.15, 0.2) is 30.7 Å². The molecule has 0 radical (unpaired) electrons. The summed E-state index contributed by atoms with van der Waals surface area (Å²) in [6, 6.07) is 5.17. The van der Waals surface area contributed by atoms with Crippen LogP contribution in [0, 0.1) is 0 Å². The molecule has 2 bridgehead atoms. The number of carbonyl (C=O) groups is 1. The molecular weight excluding hydrogens is 437 g/mol. The van der Waals surface area contributed by atoms with Crippen LogP contribution in [0.5, 0.6) is 0 Å². The Morgan fingerprint density at radius 2 is 1.97 bits per heavy atom. The monoisotopic (exact) mass is 462 g/mol. The molecule has 2 amide bonds. The van der Waals surface area contributed by atoms with E-state index in [0.29, 0.717) is 50.1 Å². The van der Waals surface area contributed by atoms with Crippen LogP contribution in [0.25, 0.3) is 0 Å². The number of aromatic nitrogens is 3. The van der Waals surface area contributed by atoms with E-state index in [4.69, 9.17) is 4.98 Å². The number of amides is 2. The van der Waals surface area contributed by atoms with Crippen LogP contribution in [0.1, 0.15) is 12.8 Å². The zero-order chi connectivity index (χ0) is 23.0. The molecule has 176 valence electrons. The summed E-state index contributed by atoms with van der Waals surface area (Å²) in [6.45, 7) is 2.44. The molecule has 3 aliphatic rings. The summed E-state index contributed by atoms with van der Waals surface area (Å²) < 4.78 is 38.4. The van der Waals surface area contributed by atoms with E-state index < -0.39 is 12.7 Å². The Morgan fingerprint density at radius 1 is 1.09 bits per heavy atom. The molecule has 0 saturated carbocycles. The maximum Gasteiger partial charge on any atom is 0.401 e. The molecule has 9 nitrogen and oxygen atoms in total. The van der Waals surface area contributed by atoms with Crippen molar-refractivity contribution in [2.24, 2.45) is 0 Å². The Kier molecular flexibility index (Phi) is 5.69. The minimum atomic E-state index is -4.20. The van der Waals surface area contributed by atoms with Crippen LogP contribution in [-0.4, -0.2) is 83.9 Å². The molecule has 0 aliphatic carbocycles. The number of nitrogens with zero attached hydrogens (tertiary/aromatic N) is 7. The average molecular weight is 462 g/mol. The number of urea groups is 1. The average Bonchev–Trinajstić information content (AvgIpc) is 3.05. The van der Waals surface area contributed by atoms with E-state index in [0.717, 1.165) is 25.2 Å². The summed E-state index contributed by atoms with van der Waals surface area (Å²) in [7, 11) is 0. The van der Waals surface area contributed by atoms with Gasteiger partial charge >= 0.3 is 12.2 Å². The van der Waals surface area contributed by atoms with Crippen molar-refractivity contribution in [2.45, 2.75) is 25.1 Å². The highest BCUT2D eigenvalue weighted by Gasteiger charge is 2.40. The second-order valence-electron chi connectivity index (χ2n) is 8.53. The van der Waals surface area contributed by atoms with Crippen LogP contribution in [0.3, 0.4) is 0 Å². The molecule has 2 aromatic heterocycles. The molecule has 5 heterocycles. The second-order valence-corrected chi connectivity index (χ2v) is 8.53. The van der Waals surface area contributed by atoms with Gasteiger partial charge in [0.25, 0.3) is 0 Å². The summed E-state index contributed by atoms with van der Waals surface area (Å²) in [5.74, 6) is 1.65. The zero-order valence-corrected chi connectivity index (χ0v) is 18.0. The number of rotatable bonds is 3. The maximum atomic E-state index is 13.2. The van der Waals surface area contributed by atoms with Crippen molar-refractivity contribution in [1.29, 1.82) is 0 Å². The highest BCUT2D eigenvalue weighted by Crippen LogP contribution is 2.40. The SMILES string of the molecule is O=C(Nc1ccncn1)N1c2nc(N3CCCN(CC(F)(F)F)CC3)ccc2N2CC[C@H]1C2. The molecular formula is C21H25F3N8O. The lowest BCUT2D eigenvalue weighted by Gasteiger charge is -2.36. The number of alkyl halides is 3. The molecule has 1 N–H and O–H groups in total. The quantitative estimate of drug-likeness (QED) is 0.751. The minimum Gasteiger partial charge on any atom is -0.366 e. The molecule has 0 aromatic carbocycles. The first-order chi connectivity index (χ1) is 15.9. The number of hydrogen-bond acceptors (Lipinski definition) is 7. The Balaban J connectivity index is 1.38. The van der Waals surface area contributed by atoms with Crippen LogP contribution in [-0.2, 0) is 0 Å². The fourth-order valence-corrected chi connectivity index (χ4v) is 4.78. The first-order valence-corrected chi connectivity index (χ1v) is 11.0. The molecule has 2 fully saturated rings. The number of nitrogens with one attached hydrogen (secondary N) is 1. The van der Waals surface area contributed by atoms with Gasteiger partial charge < -0.3 is 9.80 Å². The van der Waals surface area contributed by atoms with Gasteiger partial charge in [0.05, 0.1) is 18.3 Å². The summed E-state index contributed by atoms with van der Waals surface area (Å²) in [5.41, 5.74) is 0.888. The third-order valence-electron chi connectivity index (χ3n) is 6.29. The van der Waals surface area contributed by atoms with Gasteiger partial charge in [-0.1, -0.05) is 0 Å². The van der Waals surface area contributed by atoms with Crippen molar-refractivity contribution in [3.63, 3.8) is 0 Å². The topological polar surface area (TPSA) is 80.7 Å². The number of carbonyl (C=O) groups excluding carboxylic acids is 1. The highest BCUT2D eigenvalue weighted by atomic mass is 19.4. The van der Waals surface area contributed by atoms with Gasteiger partial charge in [0.1, 0.15) is 18.0 Å². The van der Waals surface area contributed by atoms with Crippen LogP contribution >= 0.6 is 0 Å². The summed E-state index contributed by atoms with van der Waals surface area (Å²) in [6.07, 6.45) is 0.168. The van der Waals surface area contributed by atoms with E-state index in [9.17, 15) is 18.0 Å². The standard InChI is InChI=1S/C21H25F3N8O/c22-21(23,24)13-29-7-1-8-30(11-10-29)18-3-2-16-19(28-18)32(15-5-9-31(16)12-15)20(33)27-17-4-6-25-14-26-17/h2-4,6,14-15H,1,5,7-13H2,(H,25,26,27,33)/t15-/m0/s1. The smallest absolute Gasteiger partial charge is 0.366 e. The molecule has 1 atom stereocenters. The lowest BCUT2D eigenvalue weighted by molar-refractivity contribution is -0.145. The zero-order valence-electron chi connectivity index (χ0n) is 18.0. The molecule has 5 rings (SSSR count). The lowest BCUT2D eigenvalue weighted by atomic mass is 10.2. The van der Waals surface area contributed by atoms with Gasteiger partial charge in [-0.2, -0.15) is 13.2 Å². The van der Waals surface area contributed by atoms with Crippen molar-refractivity contribution in [3.8, 4) is 0 Å². The molecule has 2 saturated heterocycles. The number of pyridine rings is 1. The number of hydrogen-bond donors (Lipinski definition) is 1. The van der Waals surface area contributed by atoms with Crippen molar-refractivity contribution >= 4 is 29.2 Å². The third-order valence-corrected chi connectivity index (χ3v) is 6.29. The van der Waals surface area contributed by atoms with Gasteiger partial charge in [-0.05, 0) is 31.0 Å². The third kappa shape index (κ3) is 4.65. The molecule has 2 aromatic rings. The van der Waals surface area contributed by atoms with Gasteiger partial charge in [0.15, 0.2) is 5.82 Å². The van der Waals surface area contributed by atoms with E-state index in [1.807, 2.05) is 17.0 Å². The summed E-state index contributed by atoms with van der Waals surface area (Å²) in [5, 5.41) is 2.82. The van der Waals surface area contributed by atoms with E-state index in [1.54, 1.807) is 17.2 Å². The Bertz CT molecular complexity index is 1000. The summed E-state index contributed by atoms with van der Waals surface area (Å²) >= 11 is 0. The maximum absolute atomic E-state index is 13.2. The van der Waals surface area contributed by atoms with Gasteiger partial charge in [-0.3, -0.25) is 15.1 Å². The number of anilines is 4. The first kappa shape index (κ1) is 21.7. The fourth-order valence-electron chi connectivity index (χ4n) is 4.78. The van der Waals surface area contributed by atoms with Gasteiger partial charge in [0.2, 0.25) is 0 Å². The Morgan fingerprint density at radius 3 is 2.76 bits per heavy atom. The van der Waals surface area contributed by atoms with E-state index >= 15 is 0 Å². The first-order valence-electron chi connectivity index (χ1n) is 11.0. The van der Waals surface area contributed by atoms with Gasteiger partial charge in [0, 0.05) is 45.5 Å². The van der Waals surface area contributed by atoms with Crippen molar-refractivity contribution in [1.82, 2.24) is 19.9 Å². The normalized spacial score (nSPS) is 21.1.